The van der Waals surface area contributed by atoms with Gasteiger partial charge in [0.2, 0.25) is 5.91 Å². The predicted molar refractivity (Wildman–Crippen MR) is 91.1 cm³/mol. The number of benzene rings is 2. The second-order valence-corrected chi connectivity index (χ2v) is 5.54. The third kappa shape index (κ3) is 3.72. The molecule has 23 heavy (non-hydrogen) atoms. The van der Waals surface area contributed by atoms with Crippen LogP contribution in [0.4, 0.5) is 0 Å². The summed E-state index contributed by atoms with van der Waals surface area (Å²) >= 11 is 0. The van der Waals surface area contributed by atoms with E-state index in [1.807, 2.05) is 36.5 Å². The van der Waals surface area contributed by atoms with Gasteiger partial charge in [-0.1, -0.05) is 36.4 Å². The summed E-state index contributed by atoms with van der Waals surface area (Å²) in [7, 11) is 0. The minimum absolute atomic E-state index is 0.256. The molecule has 0 spiro atoms. The molecule has 1 aromatic heterocycles. The quantitative estimate of drug-likeness (QED) is 0.726. The summed E-state index contributed by atoms with van der Waals surface area (Å²) in [4.78, 5) is 10.9. The van der Waals surface area contributed by atoms with Gasteiger partial charge in [-0.05, 0) is 30.2 Å². The number of aromatic nitrogens is 1. The van der Waals surface area contributed by atoms with E-state index in [1.165, 1.54) is 0 Å². The molecule has 0 aliphatic carbocycles. The van der Waals surface area contributed by atoms with Crippen LogP contribution in [0.1, 0.15) is 18.4 Å². The Bertz CT molecular complexity index is 793. The van der Waals surface area contributed by atoms with E-state index in [-0.39, 0.29) is 5.91 Å². The molecule has 0 radical (unpaired) electrons. The first kappa shape index (κ1) is 15.2. The normalized spacial score (nSPS) is 10.8. The fraction of sp³-hybridized carbons (Fsp3) is 0.211. The van der Waals surface area contributed by atoms with Gasteiger partial charge >= 0.3 is 0 Å². The summed E-state index contributed by atoms with van der Waals surface area (Å²) in [6, 6.07) is 18.2. The monoisotopic (exact) mass is 308 g/mol. The van der Waals surface area contributed by atoms with Crippen LogP contribution in [0.2, 0.25) is 0 Å². The summed E-state index contributed by atoms with van der Waals surface area (Å²) in [6.07, 6.45) is 3.18. The van der Waals surface area contributed by atoms with Gasteiger partial charge in [0, 0.05) is 24.5 Å². The molecule has 2 N–H and O–H groups in total. The SMILES string of the molecule is NC(=O)CCCn1ccc2c(OCc3ccccc3)cccc21. The van der Waals surface area contributed by atoms with E-state index < -0.39 is 0 Å². The molecule has 0 aliphatic heterocycles. The summed E-state index contributed by atoms with van der Waals surface area (Å²) in [5.41, 5.74) is 7.45. The van der Waals surface area contributed by atoms with Crippen LogP contribution in [0.25, 0.3) is 10.9 Å². The summed E-state index contributed by atoms with van der Waals surface area (Å²) in [6.45, 7) is 1.32. The highest BCUT2D eigenvalue weighted by atomic mass is 16.5. The number of fused-ring (bicyclic) bond motifs is 1. The van der Waals surface area contributed by atoms with E-state index in [0.29, 0.717) is 13.0 Å². The average Bonchev–Trinajstić information content (AvgIpc) is 2.97. The van der Waals surface area contributed by atoms with Gasteiger partial charge in [0.1, 0.15) is 12.4 Å². The first-order valence-corrected chi connectivity index (χ1v) is 7.77. The minimum Gasteiger partial charge on any atom is -0.488 e. The molecule has 0 saturated carbocycles. The Kier molecular flexibility index (Phi) is 4.62. The summed E-state index contributed by atoms with van der Waals surface area (Å²) < 4.78 is 8.11. The molecule has 2 aromatic carbocycles. The molecule has 0 saturated heterocycles. The second kappa shape index (κ2) is 7.01. The van der Waals surface area contributed by atoms with Crippen molar-refractivity contribution in [2.24, 2.45) is 5.73 Å². The molecule has 0 unspecified atom stereocenters. The van der Waals surface area contributed by atoms with Crippen molar-refractivity contribution in [1.82, 2.24) is 4.57 Å². The van der Waals surface area contributed by atoms with E-state index in [0.717, 1.165) is 35.2 Å². The molecular weight excluding hydrogens is 288 g/mol. The summed E-state index contributed by atoms with van der Waals surface area (Å²) in [5.74, 6) is 0.619. The van der Waals surface area contributed by atoms with Crippen LogP contribution in [0.5, 0.6) is 5.75 Å². The standard InChI is InChI=1S/C19H20N2O2/c20-19(22)10-5-12-21-13-11-16-17(21)8-4-9-18(16)23-14-15-6-2-1-3-7-15/h1-4,6-9,11,13H,5,10,12,14H2,(H2,20,22). The van der Waals surface area contributed by atoms with Crippen LogP contribution in [-0.4, -0.2) is 10.5 Å². The van der Waals surface area contributed by atoms with E-state index in [9.17, 15) is 4.79 Å². The fourth-order valence-electron chi connectivity index (χ4n) is 2.68. The zero-order valence-electron chi connectivity index (χ0n) is 12.9. The predicted octanol–water partition coefficient (Wildman–Crippen LogP) is 3.49. The van der Waals surface area contributed by atoms with Crippen LogP contribution in [0, 0.1) is 0 Å². The van der Waals surface area contributed by atoms with Gasteiger partial charge < -0.3 is 15.0 Å². The van der Waals surface area contributed by atoms with Gasteiger partial charge in [-0.25, -0.2) is 0 Å². The van der Waals surface area contributed by atoms with Gasteiger partial charge in [-0.2, -0.15) is 0 Å². The highest BCUT2D eigenvalue weighted by Crippen LogP contribution is 2.27. The number of carbonyl (C=O) groups is 1. The molecule has 4 nitrogen and oxygen atoms in total. The number of hydrogen-bond donors (Lipinski definition) is 1. The van der Waals surface area contributed by atoms with Crippen LogP contribution in [0.15, 0.2) is 60.8 Å². The van der Waals surface area contributed by atoms with Crippen molar-refractivity contribution in [3.05, 3.63) is 66.4 Å². The number of hydrogen-bond acceptors (Lipinski definition) is 2. The van der Waals surface area contributed by atoms with Crippen molar-refractivity contribution >= 4 is 16.8 Å². The van der Waals surface area contributed by atoms with Crippen LogP contribution < -0.4 is 10.5 Å². The number of nitrogens with zero attached hydrogens (tertiary/aromatic N) is 1. The molecule has 3 rings (SSSR count). The molecule has 1 amide bonds. The number of aryl methyl sites for hydroxylation is 1. The van der Waals surface area contributed by atoms with Gasteiger partial charge in [0.05, 0.1) is 5.52 Å². The van der Waals surface area contributed by atoms with Crippen molar-refractivity contribution in [2.75, 3.05) is 0 Å². The Labute approximate surface area is 135 Å². The van der Waals surface area contributed by atoms with Crippen molar-refractivity contribution in [1.29, 1.82) is 0 Å². The topological polar surface area (TPSA) is 57.2 Å². The molecule has 3 aromatic rings. The lowest BCUT2D eigenvalue weighted by molar-refractivity contribution is -0.118. The molecule has 118 valence electrons. The van der Waals surface area contributed by atoms with Gasteiger partial charge in [-0.15, -0.1) is 0 Å². The van der Waals surface area contributed by atoms with Crippen LogP contribution in [-0.2, 0) is 17.9 Å². The van der Waals surface area contributed by atoms with E-state index in [4.69, 9.17) is 10.5 Å². The number of carbonyl (C=O) groups excluding carboxylic acids is 1. The molecule has 1 heterocycles. The number of rotatable bonds is 7. The van der Waals surface area contributed by atoms with Gasteiger partial charge in [-0.3, -0.25) is 4.79 Å². The highest BCUT2D eigenvalue weighted by molar-refractivity contribution is 5.86. The zero-order valence-corrected chi connectivity index (χ0v) is 12.9. The van der Waals surface area contributed by atoms with Crippen molar-refractivity contribution < 1.29 is 9.53 Å². The zero-order chi connectivity index (χ0) is 16.1. The van der Waals surface area contributed by atoms with Crippen LogP contribution >= 0.6 is 0 Å². The maximum atomic E-state index is 10.9. The Morgan fingerprint density at radius 3 is 2.65 bits per heavy atom. The lowest BCUT2D eigenvalue weighted by atomic mass is 10.2. The Balaban J connectivity index is 1.74. The first-order chi connectivity index (χ1) is 11.2. The molecule has 0 aliphatic rings. The number of amides is 1. The fourth-order valence-corrected chi connectivity index (χ4v) is 2.68. The molecule has 4 heteroatoms. The van der Waals surface area contributed by atoms with Gasteiger partial charge in [0.15, 0.2) is 0 Å². The number of nitrogens with two attached hydrogens (primary N) is 1. The highest BCUT2D eigenvalue weighted by Gasteiger charge is 2.07. The third-order valence-electron chi connectivity index (χ3n) is 3.83. The van der Waals surface area contributed by atoms with Crippen LogP contribution in [0.3, 0.4) is 0 Å². The Hall–Kier alpha value is -2.75. The van der Waals surface area contributed by atoms with E-state index >= 15 is 0 Å². The smallest absolute Gasteiger partial charge is 0.217 e. The summed E-state index contributed by atoms with van der Waals surface area (Å²) in [5, 5.41) is 1.09. The Morgan fingerprint density at radius 2 is 1.87 bits per heavy atom. The third-order valence-corrected chi connectivity index (χ3v) is 3.83. The van der Waals surface area contributed by atoms with Gasteiger partial charge in [0.25, 0.3) is 0 Å². The molecule has 0 atom stereocenters. The number of primary amides is 1. The number of ether oxygens (including phenoxy) is 1. The maximum absolute atomic E-state index is 10.9. The lowest BCUT2D eigenvalue weighted by Gasteiger charge is -2.09. The van der Waals surface area contributed by atoms with Crippen molar-refractivity contribution in [3.63, 3.8) is 0 Å². The Morgan fingerprint density at radius 1 is 1.04 bits per heavy atom. The maximum Gasteiger partial charge on any atom is 0.217 e. The second-order valence-electron chi connectivity index (χ2n) is 5.54. The molecule has 0 bridgehead atoms. The molecule has 0 fully saturated rings. The van der Waals surface area contributed by atoms with Crippen molar-refractivity contribution in [3.8, 4) is 5.75 Å². The van der Waals surface area contributed by atoms with Crippen molar-refractivity contribution in [2.45, 2.75) is 26.0 Å². The first-order valence-electron chi connectivity index (χ1n) is 7.77. The lowest BCUT2D eigenvalue weighted by Crippen LogP contribution is -2.11. The van der Waals surface area contributed by atoms with E-state index in [1.54, 1.807) is 0 Å². The molecular formula is C19H20N2O2. The minimum atomic E-state index is -0.256. The average molecular weight is 308 g/mol. The largest absolute Gasteiger partial charge is 0.488 e. The van der Waals surface area contributed by atoms with E-state index in [2.05, 4.69) is 28.8 Å².